The molecule has 180 valence electrons. The third-order valence-corrected chi connectivity index (χ3v) is 6.59. The Morgan fingerprint density at radius 2 is 1.50 bits per heavy atom. The number of halogens is 6. The second kappa shape index (κ2) is 7.86. The van der Waals surface area contributed by atoms with Gasteiger partial charge in [0.15, 0.2) is 9.84 Å². The fourth-order valence-electron chi connectivity index (χ4n) is 3.51. The number of fused-ring (bicyclic) bond motifs is 1. The third kappa shape index (κ3) is 4.65. The third-order valence-electron chi connectivity index (χ3n) is 5.15. The van der Waals surface area contributed by atoms with Crippen LogP contribution in [0.5, 0.6) is 0 Å². The van der Waals surface area contributed by atoms with E-state index in [1.807, 2.05) is 6.92 Å². The molecule has 4 rings (SSSR count). The lowest BCUT2D eigenvalue weighted by Gasteiger charge is -2.15. The van der Waals surface area contributed by atoms with Gasteiger partial charge in [0.2, 0.25) is 0 Å². The summed E-state index contributed by atoms with van der Waals surface area (Å²) in [6.07, 6.45) is -10.3. The number of hydrogen-bond acceptors (Lipinski definition) is 4. The molecule has 6 nitrogen and oxygen atoms in total. The van der Waals surface area contributed by atoms with Gasteiger partial charge in [-0.2, -0.15) is 31.4 Å². The van der Waals surface area contributed by atoms with Crippen molar-refractivity contribution in [2.75, 3.05) is 5.32 Å². The number of aryl methyl sites for hydroxylation is 1. The molecular weight excluding hydrogens is 488 g/mol. The molecule has 0 saturated heterocycles. The molecule has 0 bridgehead atoms. The van der Waals surface area contributed by atoms with E-state index in [9.17, 15) is 39.6 Å². The summed E-state index contributed by atoms with van der Waals surface area (Å²) in [5.41, 5.74) is -2.63. The number of aromatic nitrogens is 2. The molecule has 34 heavy (non-hydrogen) atoms. The molecule has 0 spiro atoms. The second-order valence-corrected chi connectivity index (χ2v) is 9.87. The van der Waals surface area contributed by atoms with Gasteiger partial charge in [-0.1, -0.05) is 17.7 Å². The molecule has 1 aliphatic heterocycles. The highest BCUT2D eigenvalue weighted by Gasteiger charge is 2.38. The fourth-order valence-corrected chi connectivity index (χ4v) is 5.00. The van der Waals surface area contributed by atoms with Crippen molar-refractivity contribution in [3.8, 4) is 5.69 Å². The summed E-state index contributed by atoms with van der Waals surface area (Å²) in [6.45, 7) is 1.81. The van der Waals surface area contributed by atoms with Gasteiger partial charge in [0, 0.05) is 11.1 Å². The van der Waals surface area contributed by atoms with Gasteiger partial charge in [-0.05, 0) is 37.3 Å². The van der Waals surface area contributed by atoms with Crippen LogP contribution in [0.3, 0.4) is 0 Å². The van der Waals surface area contributed by atoms with Crippen LogP contribution in [0, 0.1) is 6.92 Å². The van der Waals surface area contributed by atoms with Crippen LogP contribution >= 0.6 is 0 Å². The van der Waals surface area contributed by atoms with Gasteiger partial charge in [0.1, 0.15) is 5.82 Å². The maximum Gasteiger partial charge on any atom is 0.416 e. The number of nitrogens with zero attached hydrogens (tertiary/aromatic N) is 2. The van der Waals surface area contributed by atoms with Crippen molar-refractivity contribution in [1.82, 2.24) is 9.78 Å². The second-order valence-electron chi connectivity index (χ2n) is 7.80. The van der Waals surface area contributed by atoms with E-state index in [0.717, 1.165) is 5.56 Å². The van der Waals surface area contributed by atoms with Crippen molar-refractivity contribution in [1.29, 1.82) is 0 Å². The number of alkyl halides is 6. The fraction of sp³-hybridized carbons (Fsp3) is 0.238. The minimum Gasteiger partial charge on any atom is -0.306 e. The Morgan fingerprint density at radius 3 is 2.03 bits per heavy atom. The lowest BCUT2D eigenvalue weighted by Crippen LogP contribution is -2.19. The van der Waals surface area contributed by atoms with E-state index in [4.69, 9.17) is 0 Å². The molecule has 0 fully saturated rings. The minimum atomic E-state index is -5.13. The van der Waals surface area contributed by atoms with Crippen molar-refractivity contribution in [2.45, 2.75) is 30.8 Å². The molecule has 1 amide bonds. The largest absolute Gasteiger partial charge is 0.416 e. The molecule has 1 N–H and O–H groups in total. The van der Waals surface area contributed by atoms with Crippen LogP contribution < -0.4 is 5.32 Å². The van der Waals surface area contributed by atoms with Crippen molar-refractivity contribution in [2.24, 2.45) is 0 Å². The van der Waals surface area contributed by atoms with Crippen molar-refractivity contribution in [3.05, 3.63) is 76.0 Å². The molecule has 1 aromatic heterocycles. The number of nitrogens with one attached hydrogen (secondary N) is 1. The Bertz CT molecular complexity index is 1360. The Balaban J connectivity index is 1.80. The molecule has 2 heterocycles. The van der Waals surface area contributed by atoms with Gasteiger partial charge in [-0.15, -0.1) is 0 Å². The predicted octanol–water partition coefficient (Wildman–Crippen LogP) is 4.90. The average Bonchev–Trinajstić information content (AvgIpc) is 3.19. The van der Waals surface area contributed by atoms with E-state index >= 15 is 0 Å². The van der Waals surface area contributed by atoms with Crippen LogP contribution in [-0.4, -0.2) is 24.1 Å². The zero-order valence-corrected chi connectivity index (χ0v) is 18.1. The predicted molar refractivity (Wildman–Crippen MR) is 109 cm³/mol. The maximum atomic E-state index is 13.2. The molecule has 0 radical (unpaired) electrons. The maximum absolute atomic E-state index is 13.2. The summed E-state index contributed by atoms with van der Waals surface area (Å²) in [7, 11) is -3.57. The quantitative estimate of drug-likeness (QED) is 0.516. The molecule has 13 heteroatoms. The van der Waals surface area contributed by atoms with Crippen LogP contribution in [-0.2, 0) is 33.7 Å². The number of sulfone groups is 1. The number of benzene rings is 2. The van der Waals surface area contributed by atoms with E-state index in [0.29, 0.717) is 17.8 Å². The molecular formula is C21H15F6N3O3S. The standard InChI is InChI=1S/C21H15F6N3O3S/c1-11-2-4-15(5-3-11)30-18(16-9-34(32,33)10-17(16)29-30)28-19(31)12-6-13(20(22,23)24)8-14(7-12)21(25,26)27/h2-8H,9-10H2,1H3,(H,28,31). The van der Waals surface area contributed by atoms with E-state index in [1.165, 1.54) is 4.68 Å². The normalized spacial score (nSPS) is 15.3. The summed E-state index contributed by atoms with van der Waals surface area (Å²) < 4.78 is 104. The summed E-state index contributed by atoms with van der Waals surface area (Å²) >= 11 is 0. The van der Waals surface area contributed by atoms with E-state index < -0.39 is 56.3 Å². The summed E-state index contributed by atoms with van der Waals surface area (Å²) in [6, 6.07) is 7.18. The van der Waals surface area contributed by atoms with Crippen molar-refractivity contribution in [3.63, 3.8) is 0 Å². The first kappa shape index (κ1) is 23.8. The zero-order chi connectivity index (χ0) is 25.1. The van der Waals surface area contributed by atoms with Crippen LogP contribution in [0.4, 0.5) is 32.2 Å². The lowest BCUT2D eigenvalue weighted by atomic mass is 10.0. The molecule has 0 unspecified atom stereocenters. The monoisotopic (exact) mass is 503 g/mol. The molecule has 0 atom stereocenters. The Morgan fingerprint density at radius 1 is 0.941 bits per heavy atom. The van der Waals surface area contributed by atoms with E-state index in [-0.39, 0.29) is 23.1 Å². The molecule has 1 aliphatic rings. The first-order valence-electron chi connectivity index (χ1n) is 9.63. The number of amides is 1. The van der Waals surface area contributed by atoms with Crippen LogP contribution in [0.25, 0.3) is 5.69 Å². The highest BCUT2D eigenvalue weighted by molar-refractivity contribution is 7.90. The van der Waals surface area contributed by atoms with E-state index in [2.05, 4.69) is 10.4 Å². The number of carbonyl (C=O) groups excluding carboxylic acids is 1. The van der Waals surface area contributed by atoms with Gasteiger partial charge in [-0.25, -0.2) is 13.1 Å². The molecule has 2 aromatic carbocycles. The summed E-state index contributed by atoms with van der Waals surface area (Å²) in [4.78, 5) is 12.8. The van der Waals surface area contributed by atoms with Crippen LogP contribution in [0.1, 0.15) is 38.3 Å². The Hall–Kier alpha value is -3.35. The number of rotatable bonds is 3. The topological polar surface area (TPSA) is 81.1 Å². The van der Waals surface area contributed by atoms with Gasteiger partial charge in [0.25, 0.3) is 5.91 Å². The van der Waals surface area contributed by atoms with Gasteiger partial charge in [-0.3, -0.25) is 4.79 Å². The average molecular weight is 503 g/mol. The number of anilines is 1. The molecule has 0 saturated carbocycles. The van der Waals surface area contributed by atoms with Crippen LogP contribution in [0.15, 0.2) is 42.5 Å². The smallest absolute Gasteiger partial charge is 0.306 e. The van der Waals surface area contributed by atoms with Crippen molar-refractivity contribution >= 4 is 21.6 Å². The molecule has 0 aliphatic carbocycles. The SMILES string of the molecule is Cc1ccc(-n2nc3c(c2NC(=O)c2cc(C(F)(F)F)cc(C(F)(F)F)c2)CS(=O)(=O)C3)cc1. The number of carbonyl (C=O) groups is 1. The molecule has 3 aromatic rings. The van der Waals surface area contributed by atoms with Gasteiger partial charge >= 0.3 is 12.4 Å². The van der Waals surface area contributed by atoms with E-state index in [1.54, 1.807) is 24.3 Å². The van der Waals surface area contributed by atoms with Crippen molar-refractivity contribution < 1.29 is 39.6 Å². The van der Waals surface area contributed by atoms with Gasteiger partial charge in [0.05, 0.1) is 34.0 Å². The Kier molecular flexibility index (Phi) is 5.50. The van der Waals surface area contributed by atoms with Crippen LogP contribution in [0.2, 0.25) is 0 Å². The highest BCUT2D eigenvalue weighted by atomic mass is 32.2. The summed E-state index contributed by atoms with van der Waals surface area (Å²) in [5.74, 6) is -2.32. The lowest BCUT2D eigenvalue weighted by molar-refractivity contribution is -0.143. The minimum absolute atomic E-state index is 0.0857. The highest BCUT2D eigenvalue weighted by Crippen LogP contribution is 2.37. The first-order chi connectivity index (χ1) is 15.6. The first-order valence-corrected chi connectivity index (χ1v) is 11.5. The number of hydrogen-bond donors (Lipinski definition) is 1. The zero-order valence-electron chi connectivity index (χ0n) is 17.3. The Labute approximate surface area is 189 Å². The summed E-state index contributed by atoms with van der Waals surface area (Å²) in [5, 5.41) is 6.49. The van der Waals surface area contributed by atoms with Gasteiger partial charge < -0.3 is 5.32 Å².